The molecule has 0 bridgehead atoms. The molecule has 4 nitrogen and oxygen atoms in total. The highest BCUT2D eigenvalue weighted by molar-refractivity contribution is 6.32. The molecule has 0 atom stereocenters. The summed E-state index contributed by atoms with van der Waals surface area (Å²) in [4.78, 5) is 8.47. The van der Waals surface area contributed by atoms with Crippen LogP contribution in [0, 0.1) is 13.8 Å². The molecule has 0 spiro atoms. The van der Waals surface area contributed by atoms with E-state index in [2.05, 4.69) is 9.97 Å². The molecule has 0 aliphatic carbocycles. The van der Waals surface area contributed by atoms with Crippen molar-refractivity contribution in [1.29, 1.82) is 0 Å². The van der Waals surface area contributed by atoms with Crippen LogP contribution in [0.5, 0.6) is 11.6 Å². The third kappa shape index (κ3) is 2.78. The van der Waals surface area contributed by atoms with Crippen LogP contribution in [0.1, 0.15) is 17.0 Å². The molecule has 1 aromatic carbocycles. The molecule has 0 aliphatic heterocycles. The Morgan fingerprint density at radius 1 is 1.33 bits per heavy atom. The van der Waals surface area contributed by atoms with Crippen molar-refractivity contribution >= 4 is 11.6 Å². The fourth-order valence-corrected chi connectivity index (χ4v) is 1.71. The Labute approximate surface area is 111 Å². The van der Waals surface area contributed by atoms with Crippen LogP contribution in [0.4, 0.5) is 0 Å². The standard InChI is InChI=1S/C13H14ClN3O/c1-8-7-16-9(2)13(17-8)18-12-4-3-10(6-15)5-11(12)14/h3-5,7H,6,15H2,1-2H3. The number of halogens is 1. The molecule has 2 rings (SSSR count). The van der Waals surface area contributed by atoms with Crippen LogP contribution in [0.3, 0.4) is 0 Å². The largest absolute Gasteiger partial charge is 0.436 e. The molecule has 94 valence electrons. The number of hydrogen-bond donors (Lipinski definition) is 1. The molecule has 0 radical (unpaired) electrons. The Morgan fingerprint density at radius 3 is 2.78 bits per heavy atom. The zero-order chi connectivity index (χ0) is 13.1. The second-order valence-corrected chi connectivity index (χ2v) is 4.38. The Bertz CT molecular complexity index is 572. The third-order valence-corrected chi connectivity index (χ3v) is 2.77. The Balaban J connectivity index is 2.31. The summed E-state index contributed by atoms with van der Waals surface area (Å²) >= 11 is 6.12. The topological polar surface area (TPSA) is 61.0 Å². The molecule has 2 aromatic rings. The van der Waals surface area contributed by atoms with E-state index in [4.69, 9.17) is 22.1 Å². The second kappa shape index (κ2) is 5.33. The summed E-state index contributed by atoms with van der Waals surface area (Å²) in [5.41, 5.74) is 8.02. The molecule has 1 aromatic heterocycles. The molecule has 0 fully saturated rings. The average molecular weight is 264 g/mol. The maximum Gasteiger partial charge on any atom is 0.241 e. The normalized spacial score (nSPS) is 10.4. The van der Waals surface area contributed by atoms with Gasteiger partial charge in [-0.2, -0.15) is 0 Å². The number of nitrogens with zero attached hydrogens (tertiary/aromatic N) is 2. The summed E-state index contributed by atoms with van der Waals surface area (Å²) in [6.45, 7) is 4.14. The molecule has 0 unspecified atom stereocenters. The van der Waals surface area contributed by atoms with Gasteiger partial charge in [-0.15, -0.1) is 0 Å². The quantitative estimate of drug-likeness (QED) is 0.925. The van der Waals surface area contributed by atoms with Gasteiger partial charge in [0.05, 0.1) is 16.4 Å². The molecular weight excluding hydrogens is 250 g/mol. The van der Waals surface area contributed by atoms with Gasteiger partial charge in [-0.05, 0) is 31.5 Å². The molecular formula is C13H14ClN3O. The lowest BCUT2D eigenvalue weighted by Gasteiger charge is -2.09. The number of rotatable bonds is 3. The van der Waals surface area contributed by atoms with Crippen molar-refractivity contribution in [1.82, 2.24) is 9.97 Å². The zero-order valence-corrected chi connectivity index (χ0v) is 11.0. The Morgan fingerprint density at radius 2 is 2.11 bits per heavy atom. The van der Waals surface area contributed by atoms with Gasteiger partial charge in [0.15, 0.2) is 0 Å². The van der Waals surface area contributed by atoms with Crippen molar-refractivity contribution in [3.05, 3.63) is 46.4 Å². The van der Waals surface area contributed by atoms with E-state index in [1.54, 1.807) is 18.3 Å². The SMILES string of the molecule is Cc1cnc(C)c(Oc2ccc(CN)cc2Cl)n1. The van der Waals surface area contributed by atoms with Crippen LogP contribution in [0.2, 0.25) is 5.02 Å². The maximum absolute atomic E-state index is 6.12. The van der Waals surface area contributed by atoms with Gasteiger partial charge in [0.2, 0.25) is 5.88 Å². The first-order chi connectivity index (χ1) is 8.60. The minimum Gasteiger partial charge on any atom is -0.436 e. The van der Waals surface area contributed by atoms with Crippen molar-refractivity contribution in [2.45, 2.75) is 20.4 Å². The lowest BCUT2D eigenvalue weighted by atomic mass is 10.2. The van der Waals surface area contributed by atoms with Crippen LogP contribution in [0.15, 0.2) is 24.4 Å². The average Bonchev–Trinajstić information content (AvgIpc) is 2.36. The first-order valence-corrected chi connectivity index (χ1v) is 5.94. The maximum atomic E-state index is 6.12. The Kier molecular flexibility index (Phi) is 3.79. The van der Waals surface area contributed by atoms with E-state index in [1.165, 1.54) is 0 Å². The van der Waals surface area contributed by atoms with E-state index in [9.17, 15) is 0 Å². The first kappa shape index (κ1) is 12.8. The van der Waals surface area contributed by atoms with Crippen LogP contribution < -0.4 is 10.5 Å². The van der Waals surface area contributed by atoms with E-state index in [0.29, 0.717) is 23.2 Å². The number of ether oxygens (including phenoxy) is 1. The third-order valence-electron chi connectivity index (χ3n) is 2.47. The van der Waals surface area contributed by atoms with Gasteiger partial charge in [0.25, 0.3) is 0 Å². The molecule has 0 aliphatic rings. The summed E-state index contributed by atoms with van der Waals surface area (Å²) in [5.74, 6) is 1.02. The van der Waals surface area contributed by atoms with Gasteiger partial charge in [-0.3, -0.25) is 4.98 Å². The lowest BCUT2D eigenvalue weighted by molar-refractivity contribution is 0.454. The van der Waals surface area contributed by atoms with E-state index in [0.717, 1.165) is 17.0 Å². The highest BCUT2D eigenvalue weighted by Crippen LogP contribution is 2.30. The van der Waals surface area contributed by atoms with Crippen LogP contribution in [0.25, 0.3) is 0 Å². The smallest absolute Gasteiger partial charge is 0.241 e. The van der Waals surface area contributed by atoms with Crippen LogP contribution in [-0.2, 0) is 6.54 Å². The fourth-order valence-electron chi connectivity index (χ4n) is 1.47. The predicted molar refractivity (Wildman–Crippen MR) is 70.9 cm³/mol. The summed E-state index contributed by atoms with van der Waals surface area (Å²) in [6.07, 6.45) is 1.70. The minimum atomic E-state index is 0.448. The van der Waals surface area contributed by atoms with Gasteiger partial charge in [0.1, 0.15) is 5.75 Å². The Hall–Kier alpha value is -1.65. The minimum absolute atomic E-state index is 0.448. The number of benzene rings is 1. The number of aromatic nitrogens is 2. The van der Waals surface area contributed by atoms with Crippen molar-refractivity contribution in [2.24, 2.45) is 5.73 Å². The lowest BCUT2D eigenvalue weighted by Crippen LogP contribution is -1.98. The van der Waals surface area contributed by atoms with E-state index >= 15 is 0 Å². The number of nitrogens with two attached hydrogens (primary N) is 1. The molecule has 1 heterocycles. The van der Waals surface area contributed by atoms with Gasteiger partial charge in [0, 0.05) is 12.7 Å². The van der Waals surface area contributed by atoms with E-state index in [1.807, 2.05) is 19.9 Å². The second-order valence-electron chi connectivity index (χ2n) is 3.97. The molecule has 0 saturated heterocycles. The van der Waals surface area contributed by atoms with Crippen molar-refractivity contribution < 1.29 is 4.74 Å². The highest BCUT2D eigenvalue weighted by atomic mass is 35.5. The van der Waals surface area contributed by atoms with Gasteiger partial charge in [-0.25, -0.2) is 4.98 Å². The summed E-state index contributed by atoms with van der Waals surface area (Å²) in [6, 6.07) is 5.45. The van der Waals surface area contributed by atoms with E-state index in [-0.39, 0.29) is 0 Å². The monoisotopic (exact) mass is 263 g/mol. The zero-order valence-electron chi connectivity index (χ0n) is 10.3. The van der Waals surface area contributed by atoms with Crippen molar-refractivity contribution in [3.63, 3.8) is 0 Å². The summed E-state index contributed by atoms with van der Waals surface area (Å²) in [5, 5.41) is 0.514. The summed E-state index contributed by atoms with van der Waals surface area (Å²) < 4.78 is 5.67. The van der Waals surface area contributed by atoms with Crippen molar-refractivity contribution in [3.8, 4) is 11.6 Å². The molecule has 2 N–H and O–H groups in total. The van der Waals surface area contributed by atoms with Gasteiger partial charge in [-0.1, -0.05) is 17.7 Å². The summed E-state index contributed by atoms with van der Waals surface area (Å²) in [7, 11) is 0. The number of aryl methyl sites for hydroxylation is 2. The molecule has 5 heteroatoms. The first-order valence-electron chi connectivity index (χ1n) is 5.56. The van der Waals surface area contributed by atoms with Crippen LogP contribution in [-0.4, -0.2) is 9.97 Å². The van der Waals surface area contributed by atoms with Gasteiger partial charge >= 0.3 is 0 Å². The predicted octanol–water partition coefficient (Wildman–Crippen LogP) is 3.00. The number of hydrogen-bond acceptors (Lipinski definition) is 4. The molecule has 18 heavy (non-hydrogen) atoms. The van der Waals surface area contributed by atoms with Crippen LogP contribution >= 0.6 is 11.6 Å². The fraction of sp³-hybridized carbons (Fsp3) is 0.231. The van der Waals surface area contributed by atoms with Gasteiger partial charge < -0.3 is 10.5 Å². The van der Waals surface area contributed by atoms with Crippen molar-refractivity contribution in [2.75, 3.05) is 0 Å². The van der Waals surface area contributed by atoms with E-state index < -0.39 is 0 Å². The highest BCUT2D eigenvalue weighted by Gasteiger charge is 2.08. The molecule has 0 amide bonds. The molecule has 0 saturated carbocycles.